The van der Waals surface area contributed by atoms with Crippen LogP contribution in [0.1, 0.15) is 45.2 Å². The van der Waals surface area contributed by atoms with Crippen molar-refractivity contribution >= 4 is 0 Å². The van der Waals surface area contributed by atoms with Gasteiger partial charge in [0.05, 0.1) is 0 Å². The molecule has 2 N–H and O–H groups in total. The smallest absolute Gasteiger partial charge is 0.115 e. The van der Waals surface area contributed by atoms with Gasteiger partial charge in [0.25, 0.3) is 0 Å². The Morgan fingerprint density at radius 2 is 1.42 bits per heavy atom. The van der Waals surface area contributed by atoms with Crippen molar-refractivity contribution in [1.82, 2.24) is 0 Å². The van der Waals surface area contributed by atoms with E-state index in [4.69, 9.17) is 0 Å². The molecule has 3 rings (SSSR count). The average Bonchev–Trinajstić information content (AvgIpc) is 2.62. The topological polar surface area (TPSA) is 40.5 Å². The summed E-state index contributed by atoms with van der Waals surface area (Å²) in [5.41, 5.74) is 3.54. The molecule has 0 amide bonds. The number of hydrogen-bond acceptors (Lipinski definition) is 2. The minimum absolute atomic E-state index is 0.0533. The number of hydrogen-bond donors (Lipinski definition) is 2. The fourth-order valence-electron chi connectivity index (χ4n) is 3.91. The molecule has 2 heteroatoms. The quantitative estimate of drug-likeness (QED) is 0.727. The Morgan fingerprint density at radius 3 is 1.88 bits per heavy atom. The first-order valence-corrected chi connectivity index (χ1v) is 9.24. The molecular formula is C24H28O2. The van der Waals surface area contributed by atoms with Crippen molar-refractivity contribution in [2.45, 2.75) is 44.9 Å². The van der Waals surface area contributed by atoms with Crippen molar-refractivity contribution < 1.29 is 10.2 Å². The Hall–Kier alpha value is -2.48. The van der Waals surface area contributed by atoms with Crippen LogP contribution in [0.2, 0.25) is 0 Å². The summed E-state index contributed by atoms with van der Waals surface area (Å²) in [6.45, 7) is 8.94. The minimum Gasteiger partial charge on any atom is -0.508 e. The van der Waals surface area contributed by atoms with Gasteiger partial charge in [-0.2, -0.15) is 0 Å². The molecule has 0 radical (unpaired) electrons. The lowest BCUT2D eigenvalue weighted by Gasteiger charge is -2.39. The molecule has 0 aromatic heterocycles. The molecule has 0 aliphatic heterocycles. The summed E-state index contributed by atoms with van der Waals surface area (Å²) in [5, 5.41) is 19.2. The van der Waals surface area contributed by atoms with Crippen LogP contribution in [0.15, 0.2) is 72.3 Å². The lowest BCUT2D eigenvalue weighted by atomic mass is 9.64. The van der Waals surface area contributed by atoms with Gasteiger partial charge in [-0.15, -0.1) is 0 Å². The Labute approximate surface area is 156 Å². The molecule has 0 fully saturated rings. The largest absolute Gasteiger partial charge is 0.508 e. The van der Waals surface area contributed by atoms with E-state index in [0.29, 0.717) is 17.4 Å². The van der Waals surface area contributed by atoms with Crippen LogP contribution in [0, 0.1) is 5.92 Å². The highest BCUT2D eigenvalue weighted by Gasteiger charge is 2.36. The van der Waals surface area contributed by atoms with E-state index in [2.05, 4.69) is 45.9 Å². The average molecular weight is 348 g/mol. The second-order valence-electron chi connectivity index (χ2n) is 8.11. The molecule has 1 unspecified atom stereocenters. The van der Waals surface area contributed by atoms with Crippen LogP contribution < -0.4 is 0 Å². The molecule has 0 saturated heterocycles. The van der Waals surface area contributed by atoms with E-state index in [1.165, 1.54) is 16.7 Å². The fraction of sp³-hybridized carbons (Fsp3) is 0.333. The Balaban J connectivity index is 1.94. The summed E-state index contributed by atoms with van der Waals surface area (Å²) in [4.78, 5) is 0. The van der Waals surface area contributed by atoms with Crippen LogP contribution in [0.5, 0.6) is 11.5 Å². The van der Waals surface area contributed by atoms with Gasteiger partial charge in [-0.1, -0.05) is 70.2 Å². The van der Waals surface area contributed by atoms with E-state index >= 15 is 0 Å². The molecule has 0 heterocycles. The Morgan fingerprint density at radius 1 is 0.885 bits per heavy atom. The van der Waals surface area contributed by atoms with Gasteiger partial charge in [0.2, 0.25) is 0 Å². The number of phenolic OH excluding ortho intramolecular Hbond substituents is 2. The summed E-state index contributed by atoms with van der Waals surface area (Å²) < 4.78 is 0. The van der Waals surface area contributed by atoms with E-state index < -0.39 is 0 Å². The lowest BCUT2D eigenvalue weighted by molar-refractivity contribution is 0.380. The molecule has 1 aliphatic carbocycles. The predicted molar refractivity (Wildman–Crippen MR) is 108 cm³/mol. The molecule has 1 atom stereocenters. The van der Waals surface area contributed by atoms with Gasteiger partial charge < -0.3 is 10.2 Å². The third-order valence-corrected chi connectivity index (χ3v) is 5.97. The van der Waals surface area contributed by atoms with Crippen LogP contribution in [-0.2, 0) is 10.8 Å². The zero-order valence-electron chi connectivity index (χ0n) is 16.0. The summed E-state index contributed by atoms with van der Waals surface area (Å²) in [6.07, 6.45) is 7.87. The second-order valence-corrected chi connectivity index (χ2v) is 8.11. The van der Waals surface area contributed by atoms with Crippen LogP contribution >= 0.6 is 0 Å². The van der Waals surface area contributed by atoms with E-state index in [-0.39, 0.29) is 10.8 Å². The highest BCUT2D eigenvalue weighted by molar-refractivity contribution is 5.47. The van der Waals surface area contributed by atoms with Gasteiger partial charge in [0, 0.05) is 10.8 Å². The van der Waals surface area contributed by atoms with Crippen molar-refractivity contribution in [3.05, 3.63) is 83.5 Å². The molecule has 0 spiro atoms. The standard InChI is InChI=1S/C24H28O2/c1-17(2)24(20-7-11-22(26)12-8-20)15-13-19(14-16-24)23(3,4)18-5-9-21(25)10-6-18/h5-15,17,25-26H,16H2,1-4H3. The predicted octanol–water partition coefficient (Wildman–Crippen LogP) is 5.86. The van der Waals surface area contributed by atoms with Crippen LogP contribution in [0.25, 0.3) is 0 Å². The van der Waals surface area contributed by atoms with Crippen LogP contribution in [-0.4, -0.2) is 10.2 Å². The second kappa shape index (κ2) is 6.68. The van der Waals surface area contributed by atoms with E-state index in [0.717, 1.165) is 6.42 Å². The van der Waals surface area contributed by atoms with Gasteiger partial charge in [-0.05, 0) is 53.3 Å². The first-order valence-electron chi connectivity index (χ1n) is 9.24. The third-order valence-electron chi connectivity index (χ3n) is 5.97. The summed E-state index contributed by atoms with van der Waals surface area (Å²) in [6, 6.07) is 15.1. The van der Waals surface area contributed by atoms with E-state index in [1.807, 2.05) is 24.3 Å². The van der Waals surface area contributed by atoms with Gasteiger partial charge in [-0.3, -0.25) is 0 Å². The maximum absolute atomic E-state index is 9.62. The van der Waals surface area contributed by atoms with Crippen molar-refractivity contribution in [3.8, 4) is 11.5 Å². The van der Waals surface area contributed by atoms with Crippen molar-refractivity contribution in [2.75, 3.05) is 0 Å². The van der Waals surface area contributed by atoms with Gasteiger partial charge in [0.15, 0.2) is 0 Å². The monoisotopic (exact) mass is 348 g/mol. The zero-order chi connectivity index (χ0) is 18.9. The van der Waals surface area contributed by atoms with Gasteiger partial charge in [-0.25, -0.2) is 0 Å². The van der Waals surface area contributed by atoms with Crippen LogP contribution in [0.3, 0.4) is 0 Å². The molecule has 0 saturated carbocycles. The summed E-state index contributed by atoms with van der Waals surface area (Å²) in [5.74, 6) is 1.04. The number of phenols is 2. The molecule has 2 aromatic carbocycles. The number of aromatic hydroxyl groups is 2. The number of rotatable bonds is 4. The molecule has 2 nitrogen and oxygen atoms in total. The molecule has 26 heavy (non-hydrogen) atoms. The van der Waals surface area contributed by atoms with Crippen LogP contribution in [0.4, 0.5) is 0 Å². The maximum Gasteiger partial charge on any atom is 0.115 e. The number of allylic oxidation sites excluding steroid dienone is 4. The highest BCUT2D eigenvalue weighted by atomic mass is 16.3. The SMILES string of the molecule is CC(C)C1(c2ccc(O)cc2)C=CC(C(C)(C)c2ccc(O)cc2)=CC1. The highest BCUT2D eigenvalue weighted by Crippen LogP contribution is 2.44. The molecule has 1 aliphatic rings. The summed E-state index contributed by atoms with van der Waals surface area (Å²) in [7, 11) is 0. The van der Waals surface area contributed by atoms with Gasteiger partial charge >= 0.3 is 0 Å². The fourth-order valence-corrected chi connectivity index (χ4v) is 3.91. The Bertz CT molecular complexity index is 824. The third kappa shape index (κ3) is 3.16. The van der Waals surface area contributed by atoms with E-state index in [1.54, 1.807) is 24.3 Å². The van der Waals surface area contributed by atoms with Gasteiger partial charge in [0.1, 0.15) is 11.5 Å². The molecule has 0 bridgehead atoms. The first kappa shape index (κ1) is 18.3. The molecule has 136 valence electrons. The number of benzene rings is 2. The van der Waals surface area contributed by atoms with Crippen molar-refractivity contribution in [2.24, 2.45) is 5.92 Å². The maximum atomic E-state index is 9.62. The van der Waals surface area contributed by atoms with Crippen molar-refractivity contribution in [1.29, 1.82) is 0 Å². The zero-order valence-corrected chi connectivity index (χ0v) is 16.0. The normalized spacial score (nSPS) is 20.3. The van der Waals surface area contributed by atoms with E-state index in [9.17, 15) is 10.2 Å². The minimum atomic E-state index is -0.123. The van der Waals surface area contributed by atoms with Crippen molar-refractivity contribution in [3.63, 3.8) is 0 Å². The first-order chi connectivity index (χ1) is 12.3. The summed E-state index contributed by atoms with van der Waals surface area (Å²) >= 11 is 0. The Kier molecular flexibility index (Phi) is 4.70. The molecular weight excluding hydrogens is 320 g/mol. The lowest BCUT2D eigenvalue weighted by Crippen LogP contribution is -2.32. The molecule has 2 aromatic rings.